The van der Waals surface area contributed by atoms with Crippen molar-refractivity contribution in [1.82, 2.24) is 4.98 Å². The molecule has 0 unspecified atom stereocenters. The lowest BCUT2D eigenvalue weighted by Gasteiger charge is -2.11. The zero-order valence-corrected chi connectivity index (χ0v) is 13.0. The SMILES string of the molecule is CN1C(=O)Cc2cc(-c3cncc(NS(C)(=O)=O)c3)ccc21. The Labute approximate surface area is 128 Å². The van der Waals surface area contributed by atoms with Crippen molar-refractivity contribution in [3.63, 3.8) is 0 Å². The van der Waals surface area contributed by atoms with Crippen LogP contribution in [0.5, 0.6) is 0 Å². The Bertz CT molecular complexity index is 862. The molecule has 1 aromatic heterocycles. The third kappa shape index (κ3) is 2.80. The number of sulfonamides is 1. The van der Waals surface area contributed by atoms with E-state index in [0.717, 1.165) is 28.6 Å². The number of pyridine rings is 1. The standard InChI is InChI=1S/C15H15N3O3S/c1-18-14-4-3-10(5-11(14)7-15(18)19)12-6-13(9-16-8-12)17-22(2,20)21/h3-6,8-9,17H,7H2,1-2H3. The fourth-order valence-corrected chi connectivity index (χ4v) is 3.06. The number of anilines is 2. The van der Waals surface area contributed by atoms with Crippen LogP contribution in [0.1, 0.15) is 5.56 Å². The van der Waals surface area contributed by atoms with Crippen molar-refractivity contribution >= 4 is 27.3 Å². The van der Waals surface area contributed by atoms with Gasteiger partial charge in [-0.25, -0.2) is 8.42 Å². The molecule has 1 amide bonds. The zero-order chi connectivity index (χ0) is 15.9. The van der Waals surface area contributed by atoms with Crippen molar-refractivity contribution in [3.05, 3.63) is 42.2 Å². The summed E-state index contributed by atoms with van der Waals surface area (Å²) in [5.41, 5.74) is 3.97. The Morgan fingerprint density at radius 1 is 1.18 bits per heavy atom. The van der Waals surface area contributed by atoms with Crippen LogP contribution < -0.4 is 9.62 Å². The van der Waals surface area contributed by atoms with Gasteiger partial charge >= 0.3 is 0 Å². The highest BCUT2D eigenvalue weighted by molar-refractivity contribution is 7.92. The molecule has 0 spiro atoms. The molecule has 0 atom stereocenters. The van der Waals surface area contributed by atoms with Gasteiger partial charge in [-0.05, 0) is 29.3 Å². The highest BCUT2D eigenvalue weighted by atomic mass is 32.2. The Morgan fingerprint density at radius 3 is 2.68 bits per heavy atom. The van der Waals surface area contributed by atoms with Gasteiger partial charge in [-0.1, -0.05) is 6.07 Å². The first kappa shape index (κ1) is 14.5. The molecule has 6 nitrogen and oxygen atoms in total. The van der Waals surface area contributed by atoms with E-state index in [2.05, 4.69) is 9.71 Å². The number of hydrogen-bond acceptors (Lipinski definition) is 4. The maximum absolute atomic E-state index is 11.7. The topological polar surface area (TPSA) is 79.4 Å². The normalized spacial score (nSPS) is 14.1. The molecule has 1 aliphatic rings. The highest BCUT2D eigenvalue weighted by Gasteiger charge is 2.24. The fraction of sp³-hybridized carbons (Fsp3) is 0.200. The molecule has 0 aliphatic carbocycles. The second kappa shape index (κ2) is 5.10. The number of nitrogens with one attached hydrogen (secondary N) is 1. The number of amides is 1. The van der Waals surface area contributed by atoms with Crippen LogP contribution in [-0.2, 0) is 21.2 Å². The summed E-state index contributed by atoms with van der Waals surface area (Å²) in [4.78, 5) is 17.4. The molecule has 1 N–H and O–H groups in total. The summed E-state index contributed by atoms with van der Waals surface area (Å²) in [6.45, 7) is 0. The summed E-state index contributed by atoms with van der Waals surface area (Å²) in [7, 11) is -1.59. The monoisotopic (exact) mass is 317 g/mol. The third-order valence-electron chi connectivity index (χ3n) is 3.53. The molecular formula is C15H15N3O3S. The van der Waals surface area contributed by atoms with E-state index in [1.807, 2.05) is 18.2 Å². The third-order valence-corrected chi connectivity index (χ3v) is 4.14. The lowest BCUT2D eigenvalue weighted by atomic mass is 10.0. The molecule has 0 radical (unpaired) electrons. The van der Waals surface area contributed by atoms with E-state index < -0.39 is 10.0 Å². The van der Waals surface area contributed by atoms with E-state index in [1.165, 1.54) is 6.20 Å². The molecule has 2 heterocycles. The molecule has 114 valence electrons. The van der Waals surface area contributed by atoms with Crippen LogP contribution in [-0.4, -0.2) is 32.6 Å². The smallest absolute Gasteiger partial charge is 0.231 e. The largest absolute Gasteiger partial charge is 0.315 e. The number of nitrogens with zero attached hydrogens (tertiary/aromatic N) is 2. The number of hydrogen-bond donors (Lipinski definition) is 1. The van der Waals surface area contributed by atoms with E-state index >= 15 is 0 Å². The maximum atomic E-state index is 11.7. The van der Waals surface area contributed by atoms with Gasteiger partial charge in [0.15, 0.2) is 0 Å². The lowest BCUT2D eigenvalue weighted by Crippen LogP contribution is -2.20. The van der Waals surface area contributed by atoms with E-state index in [-0.39, 0.29) is 5.91 Å². The predicted octanol–water partition coefficient (Wildman–Crippen LogP) is 1.64. The first-order valence-electron chi connectivity index (χ1n) is 6.66. The van der Waals surface area contributed by atoms with Crippen molar-refractivity contribution in [2.45, 2.75) is 6.42 Å². The number of aromatic nitrogens is 1. The number of likely N-dealkylation sites (N-methyl/N-ethyl adjacent to an activating group) is 1. The highest BCUT2D eigenvalue weighted by Crippen LogP contribution is 2.32. The average Bonchev–Trinajstić information content (AvgIpc) is 2.72. The van der Waals surface area contributed by atoms with Gasteiger partial charge in [-0.3, -0.25) is 14.5 Å². The number of fused-ring (bicyclic) bond motifs is 1. The van der Waals surface area contributed by atoms with E-state index in [9.17, 15) is 13.2 Å². The van der Waals surface area contributed by atoms with Crippen molar-refractivity contribution in [2.75, 3.05) is 22.9 Å². The van der Waals surface area contributed by atoms with Crippen molar-refractivity contribution in [1.29, 1.82) is 0 Å². The van der Waals surface area contributed by atoms with Gasteiger partial charge in [-0.2, -0.15) is 0 Å². The second-order valence-corrected chi connectivity index (χ2v) is 7.06. The minimum atomic E-state index is -3.34. The lowest BCUT2D eigenvalue weighted by molar-refractivity contribution is -0.117. The van der Waals surface area contributed by atoms with Gasteiger partial charge in [0.25, 0.3) is 0 Å². The molecule has 22 heavy (non-hydrogen) atoms. The summed E-state index contributed by atoms with van der Waals surface area (Å²) >= 11 is 0. The molecule has 0 fully saturated rings. The summed E-state index contributed by atoms with van der Waals surface area (Å²) < 4.78 is 25.0. The van der Waals surface area contributed by atoms with Crippen LogP contribution in [0.3, 0.4) is 0 Å². The predicted molar refractivity (Wildman–Crippen MR) is 85.3 cm³/mol. The number of benzene rings is 1. The quantitative estimate of drug-likeness (QED) is 0.933. The fourth-order valence-electron chi connectivity index (χ4n) is 2.52. The van der Waals surface area contributed by atoms with Crippen molar-refractivity contribution in [2.24, 2.45) is 0 Å². The van der Waals surface area contributed by atoms with Gasteiger partial charge < -0.3 is 4.90 Å². The van der Waals surface area contributed by atoms with E-state index in [4.69, 9.17) is 0 Å². The van der Waals surface area contributed by atoms with Gasteiger partial charge in [-0.15, -0.1) is 0 Å². The van der Waals surface area contributed by atoms with Crippen LogP contribution in [0.4, 0.5) is 11.4 Å². The molecule has 1 aliphatic heterocycles. The Kier molecular flexibility index (Phi) is 3.37. The summed E-state index contributed by atoms with van der Waals surface area (Å²) in [6.07, 6.45) is 4.59. The van der Waals surface area contributed by atoms with Gasteiger partial charge in [0.2, 0.25) is 15.9 Å². The van der Waals surface area contributed by atoms with Crippen LogP contribution in [0.2, 0.25) is 0 Å². The first-order chi connectivity index (χ1) is 10.3. The molecule has 2 aromatic rings. The van der Waals surface area contributed by atoms with Crippen LogP contribution in [0.25, 0.3) is 11.1 Å². The molecule has 0 saturated carbocycles. The average molecular weight is 317 g/mol. The Hall–Kier alpha value is -2.41. The van der Waals surface area contributed by atoms with Gasteiger partial charge in [0, 0.05) is 24.5 Å². The molecule has 1 aromatic carbocycles. The Balaban J connectivity index is 1.98. The molecule has 3 rings (SSSR count). The second-order valence-electron chi connectivity index (χ2n) is 5.31. The molecule has 0 saturated heterocycles. The van der Waals surface area contributed by atoms with Crippen LogP contribution in [0.15, 0.2) is 36.7 Å². The number of rotatable bonds is 3. The van der Waals surface area contributed by atoms with E-state index in [1.54, 1.807) is 24.2 Å². The Morgan fingerprint density at radius 2 is 1.95 bits per heavy atom. The van der Waals surface area contributed by atoms with Crippen molar-refractivity contribution < 1.29 is 13.2 Å². The molecule has 0 bridgehead atoms. The van der Waals surface area contributed by atoms with Gasteiger partial charge in [0.1, 0.15) is 0 Å². The number of carbonyl (C=O) groups excluding carboxylic acids is 1. The van der Waals surface area contributed by atoms with Crippen LogP contribution >= 0.6 is 0 Å². The molecular weight excluding hydrogens is 302 g/mol. The van der Waals surface area contributed by atoms with Crippen molar-refractivity contribution in [3.8, 4) is 11.1 Å². The first-order valence-corrected chi connectivity index (χ1v) is 8.55. The summed E-state index contributed by atoms with van der Waals surface area (Å²) in [6, 6.07) is 7.45. The summed E-state index contributed by atoms with van der Waals surface area (Å²) in [5.74, 6) is 0.0674. The summed E-state index contributed by atoms with van der Waals surface area (Å²) in [5, 5.41) is 0. The molecule has 7 heteroatoms. The minimum Gasteiger partial charge on any atom is -0.315 e. The maximum Gasteiger partial charge on any atom is 0.231 e. The zero-order valence-electron chi connectivity index (χ0n) is 12.2. The minimum absolute atomic E-state index is 0.0674. The number of carbonyl (C=O) groups is 1. The van der Waals surface area contributed by atoms with E-state index in [0.29, 0.717) is 12.1 Å². The van der Waals surface area contributed by atoms with Gasteiger partial charge in [0.05, 0.1) is 24.6 Å². The van der Waals surface area contributed by atoms with Crippen LogP contribution in [0, 0.1) is 0 Å².